The average molecular weight is 341 g/mol. The van der Waals surface area contributed by atoms with Gasteiger partial charge in [-0.25, -0.2) is 0 Å². The van der Waals surface area contributed by atoms with E-state index in [-0.39, 0.29) is 18.6 Å². The van der Waals surface area contributed by atoms with Crippen molar-refractivity contribution < 1.29 is 19.4 Å². The van der Waals surface area contributed by atoms with Crippen LogP contribution in [-0.4, -0.2) is 84.8 Å². The lowest BCUT2D eigenvalue weighted by Crippen LogP contribution is -2.51. The van der Waals surface area contributed by atoms with Crippen LogP contribution in [-0.2, 0) is 14.3 Å². The van der Waals surface area contributed by atoms with Crippen molar-refractivity contribution in [2.75, 3.05) is 45.9 Å². The number of nitrogens with zero attached hydrogens (tertiary/aromatic N) is 2. The number of hydrogen-bond acceptors (Lipinski definition) is 5. The first-order valence-electron chi connectivity index (χ1n) is 9.03. The number of carboxylic acid groups (broad SMARTS) is 1. The molecule has 0 aromatic carbocycles. The summed E-state index contributed by atoms with van der Waals surface area (Å²) in [5.41, 5.74) is 0. The van der Waals surface area contributed by atoms with E-state index < -0.39 is 12.0 Å². The second-order valence-electron chi connectivity index (χ2n) is 7.27. The Morgan fingerprint density at radius 2 is 2.08 bits per heavy atom. The third kappa shape index (κ3) is 6.03. The van der Waals surface area contributed by atoms with Crippen molar-refractivity contribution in [2.45, 2.75) is 45.3 Å². The average Bonchev–Trinajstić information content (AvgIpc) is 2.53. The van der Waals surface area contributed by atoms with Crippen LogP contribution in [0.5, 0.6) is 0 Å². The fourth-order valence-electron chi connectivity index (χ4n) is 3.51. The maximum atomic E-state index is 12.2. The maximum Gasteiger partial charge on any atom is 0.320 e. The largest absolute Gasteiger partial charge is 0.480 e. The Balaban J connectivity index is 1.73. The first-order valence-corrected chi connectivity index (χ1v) is 9.03. The van der Waals surface area contributed by atoms with Gasteiger partial charge in [-0.3, -0.25) is 19.4 Å². The summed E-state index contributed by atoms with van der Waals surface area (Å²) >= 11 is 0. The van der Waals surface area contributed by atoms with Crippen LogP contribution in [0.15, 0.2) is 0 Å². The van der Waals surface area contributed by atoms with Crippen molar-refractivity contribution in [3.8, 4) is 0 Å². The van der Waals surface area contributed by atoms with Crippen LogP contribution in [0, 0.1) is 5.92 Å². The van der Waals surface area contributed by atoms with Crippen LogP contribution >= 0.6 is 0 Å². The molecule has 2 rings (SSSR count). The van der Waals surface area contributed by atoms with E-state index in [1.165, 1.54) is 0 Å². The molecule has 0 saturated carbocycles. The van der Waals surface area contributed by atoms with Crippen LogP contribution in [0.2, 0.25) is 0 Å². The molecule has 2 N–H and O–H groups in total. The van der Waals surface area contributed by atoms with Crippen molar-refractivity contribution in [3.63, 3.8) is 0 Å². The minimum Gasteiger partial charge on any atom is -0.480 e. The topological polar surface area (TPSA) is 82.1 Å². The molecule has 138 valence electrons. The highest BCUT2D eigenvalue weighted by Crippen LogP contribution is 2.16. The number of carboxylic acids is 1. The summed E-state index contributed by atoms with van der Waals surface area (Å²) in [5, 5.41) is 12.2. The minimum absolute atomic E-state index is 0.0121. The molecule has 2 aliphatic rings. The standard InChI is InChI=1S/C17H31N3O4/c1-13(2)10-19-7-8-24-14(11-19)9-18-16(21)12-20-6-4-3-5-15(20)17(22)23/h13-15H,3-12H2,1-2H3,(H,18,21)(H,22,23). The van der Waals surface area contributed by atoms with Gasteiger partial charge in [0.2, 0.25) is 5.91 Å². The van der Waals surface area contributed by atoms with Crippen molar-refractivity contribution in [3.05, 3.63) is 0 Å². The first kappa shape index (κ1) is 19.1. The van der Waals surface area contributed by atoms with Crippen molar-refractivity contribution >= 4 is 11.9 Å². The number of carbonyl (C=O) groups excluding carboxylic acids is 1. The lowest BCUT2D eigenvalue weighted by Gasteiger charge is -2.34. The summed E-state index contributed by atoms with van der Waals surface area (Å²) < 4.78 is 5.73. The summed E-state index contributed by atoms with van der Waals surface area (Å²) in [7, 11) is 0. The number of carbonyl (C=O) groups is 2. The second-order valence-corrected chi connectivity index (χ2v) is 7.27. The third-order valence-electron chi connectivity index (χ3n) is 4.62. The normalized spacial score (nSPS) is 26.5. The van der Waals surface area contributed by atoms with Gasteiger partial charge in [-0.15, -0.1) is 0 Å². The van der Waals surface area contributed by atoms with E-state index >= 15 is 0 Å². The van der Waals surface area contributed by atoms with E-state index in [1.807, 2.05) is 0 Å². The number of likely N-dealkylation sites (tertiary alicyclic amines) is 1. The van der Waals surface area contributed by atoms with Crippen LogP contribution < -0.4 is 5.32 Å². The summed E-state index contributed by atoms with van der Waals surface area (Å²) in [6.45, 7) is 9.22. The van der Waals surface area contributed by atoms with E-state index in [2.05, 4.69) is 24.1 Å². The summed E-state index contributed by atoms with van der Waals surface area (Å²) in [4.78, 5) is 27.6. The predicted octanol–water partition coefficient (Wildman–Crippen LogP) is 0.399. The summed E-state index contributed by atoms with van der Waals surface area (Å²) in [6, 6.07) is -0.531. The number of nitrogens with one attached hydrogen (secondary N) is 1. The monoisotopic (exact) mass is 341 g/mol. The van der Waals surface area contributed by atoms with Gasteiger partial charge < -0.3 is 15.2 Å². The molecular weight excluding hydrogens is 310 g/mol. The molecule has 0 aromatic heterocycles. The number of morpholine rings is 1. The molecule has 24 heavy (non-hydrogen) atoms. The van der Waals surface area contributed by atoms with Crippen LogP contribution in [0.3, 0.4) is 0 Å². The number of aliphatic carboxylic acids is 1. The molecule has 0 aromatic rings. The molecule has 2 atom stereocenters. The molecular formula is C17H31N3O4. The molecule has 2 saturated heterocycles. The van der Waals surface area contributed by atoms with Crippen LogP contribution in [0.1, 0.15) is 33.1 Å². The van der Waals surface area contributed by atoms with Gasteiger partial charge in [-0.2, -0.15) is 0 Å². The zero-order valence-corrected chi connectivity index (χ0v) is 14.9. The lowest BCUT2D eigenvalue weighted by atomic mass is 10.0. The fraction of sp³-hybridized carbons (Fsp3) is 0.882. The SMILES string of the molecule is CC(C)CN1CCOC(CNC(=O)CN2CCCCC2C(=O)O)C1. The zero-order chi connectivity index (χ0) is 17.5. The van der Waals surface area contributed by atoms with Crippen LogP contribution in [0.4, 0.5) is 0 Å². The Labute approximate surface area is 144 Å². The molecule has 0 bridgehead atoms. The summed E-state index contributed by atoms with van der Waals surface area (Å²) in [5.74, 6) is -0.333. The first-order chi connectivity index (χ1) is 11.5. The quantitative estimate of drug-likeness (QED) is 0.697. The highest BCUT2D eigenvalue weighted by Gasteiger charge is 2.30. The van der Waals surface area contributed by atoms with Gasteiger partial charge in [-0.05, 0) is 25.3 Å². The van der Waals surface area contributed by atoms with Gasteiger partial charge in [0.1, 0.15) is 6.04 Å². The number of rotatable bonds is 7. The van der Waals surface area contributed by atoms with Crippen molar-refractivity contribution in [1.82, 2.24) is 15.1 Å². The van der Waals surface area contributed by atoms with Gasteiger partial charge >= 0.3 is 5.97 Å². The molecule has 7 nitrogen and oxygen atoms in total. The summed E-state index contributed by atoms with van der Waals surface area (Å²) in [6.07, 6.45) is 2.50. The molecule has 0 aliphatic carbocycles. The van der Waals surface area contributed by atoms with E-state index in [4.69, 9.17) is 4.74 Å². The van der Waals surface area contributed by atoms with E-state index in [0.29, 0.717) is 32.0 Å². The Morgan fingerprint density at radius 3 is 2.79 bits per heavy atom. The molecule has 7 heteroatoms. The number of piperidine rings is 1. The van der Waals surface area contributed by atoms with Crippen molar-refractivity contribution in [2.24, 2.45) is 5.92 Å². The van der Waals surface area contributed by atoms with Gasteiger partial charge in [0, 0.05) is 26.2 Å². The molecule has 0 radical (unpaired) electrons. The smallest absolute Gasteiger partial charge is 0.320 e. The molecule has 2 fully saturated rings. The molecule has 2 aliphatic heterocycles. The van der Waals surface area contributed by atoms with E-state index in [1.54, 1.807) is 4.90 Å². The van der Waals surface area contributed by atoms with E-state index in [0.717, 1.165) is 32.5 Å². The molecule has 1 amide bonds. The van der Waals surface area contributed by atoms with Crippen LogP contribution in [0.25, 0.3) is 0 Å². The fourth-order valence-corrected chi connectivity index (χ4v) is 3.51. The molecule has 2 heterocycles. The molecule has 2 unspecified atom stereocenters. The van der Waals surface area contributed by atoms with Gasteiger partial charge in [0.25, 0.3) is 0 Å². The Hall–Kier alpha value is -1.18. The Kier molecular flexibility index (Phi) is 7.45. The molecule has 0 spiro atoms. The van der Waals surface area contributed by atoms with Gasteiger partial charge in [0.05, 0.1) is 19.3 Å². The van der Waals surface area contributed by atoms with Gasteiger partial charge in [-0.1, -0.05) is 20.3 Å². The number of ether oxygens (including phenoxy) is 1. The minimum atomic E-state index is -0.831. The highest BCUT2D eigenvalue weighted by molar-refractivity contribution is 5.80. The maximum absolute atomic E-state index is 12.2. The zero-order valence-electron chi connectivity index (χ0n) is 14.9. The second kappa shape index (κ2) is 9.34. The van der Waals surface area contributed by atoms with Gasteiger partial charge in [0.15, 0.2) is 0 Å². The third-order valence-corrected chi connectivity index (χ3v) is 4.62. The van der Waals surface area contributed by atoms with E-state index in [9.17, 15) is 14.7 Å². The lowest BCUT2D eigenvalue weighted by molar-refractivity contribution is -0.145. The highest BCUT2D eigenvalue weighted by atomic mass is 16.5. The Morgan fingerprint density at radius 1 is 1.29 bits per heavy atom. The number of hydrogen-bond donors (Lipinski definition) is 2. The predicted molar refractivity (Wildman–Crippen MR) is 90.9 cm³/mol. The Bertz CT molecular complexity index is 430. The number of amides is 1. The van der Waals surface area contributed by atoms with Crippen molar-refractivity contribution in [1.29, 1.82) is 0 Å².